The van der Waals surface area contributed by atoms with Crippen LogP contribution in [0.1, 0.15) is 56.2 Å². The predicted molar refractivity (Wildman–Crippen MR) is 170 cm³/mol. The Balaban J connectivity index is 1.59. The first-order valence-electron chi connectivity index (χ1n) is 15.7. The molecule has 44 heavy (non-hydrogen) atoms. The lowest BCUT2D eigenvalue weighted by Crippen LogP contribution is -2.62. The SMILES string of the molecule is CCC/C=C/CCCOC1O[C@H](COC(C)=O)[C@@H](OCc2ccccc2)[C@H](OCc2ccccc2)[C@H]1OCc1ccccc1. The van der Waals surface area contributed by atoms with Crippen LogP contribution in [0.25, 0.3) is 0 Å². The van der Waals surface area contributed by atoms with Crippen molar-refractivity contribution in [1.82, 2.24) is 0 Å². The Morgan fingerprint density at radius 1 is 0.682 bits per heavy atom. The van der Waals surface area contributed by atoms with E-state index in [1.165, 1.54) is 6.92 Å². The highest BCUT2D eigenvalue weighted by Crippen LogP contribution is 2.31. The molecule has 0 aliphatic carbocycles. The fraction of sp³-hybridized carbons (Fsp3) is 0.432. The van der Waals surface area contributed by atoms with Gasteiger partial charge in [-0.3, -0.25) is 4.79 Å². The molecule has 4 rings (SSSR count). The van der Waals surface area contributed by atoms with Crippen molar-refractivity contribution in [2.75, 3.05) is 13.2 Å². The molecule has 236 valence electrons. The molecule has 0 spiro atoms. The number of rotatable bonds is 18. The first-order valence-corrected chi connectivity index (χ1v) is 15.7. The molecule has 3 aromatic rings. The van der Waals surface area contributed by atoms with E-state index < -0.39 is 36.7 Å². The summed E-state index contributed by atoms with van der Waals surface area (Å²) >= 11 is 0. The highest BCUT2D eigenvalue weighted by Gasteiger charge is 2.49. The molecular formula is C37H46O7. The number of esters is 1. The van der Waals surface area contributed by atoms with Crippen molar-refractivity contribution < 1.29 is 33.2 Å². The minimum atomic E-state index is -0.753. The molecule has 0 bridgehead atoms. The quantitative estimate of drug-likeness (QED) is 0.0867. The largest absolute Gasteiger partial charge is 0.463 e. The molecule has 0 saturated carbocycles. The van der Waals surface area contributed by atoms with Gasteiger partial charge in [-0.05, 0) is 36.0 Å². The van der Waals surface area contributed by atoms with Gasteiger partial charge < -0.3 is 28.4 Å². The lowest BCUT2D eigenvalue weighted by atomic mass is 9.97. The maximum atomic E-state index is 11.9. The van der Waals surface area contributed by atoms with Crippen LogP contribution in [0.2, 0.25) is 0 Å². The number of benzene rings is 3. The second kappa shape index (κ2) is 19.1. The summed E-state index contributed by atoms with van der Waals surface area (Å²) in [6.07, 6.45) is 5.19. The summed E-state index contributed by atoms with van der Waals surface area (Å²) < 4.78 is 38.1. The Morgan fingerprint density at radius 2 is 1.18 bits per heavy atom. The fourth-order valence-electron chi connectivity index (χ4n) is 5.02. The summed E-state index contributed by atoms with van der Waals surface area (Å²) in [4.78, 5) is 11.9. The van der Waals surface area contributed by atoms with Gasteiger partial charge in [-0.2, -0.15) is 0 Å². The molecule has 1 heterocycles. The van der Waals surface area contributed by atoms with Crippen molar-refractivity contribution in [3.8, 4) is 0 Å². The number of carbonyl (C=O) groups is 1. The molecule has 5 atom stereocenters. The van der Waals surface area contributed by atoms with Crippen molar-refractivity contribution in [3.63, 3.8) is 0 Å². The third-order valence-electron chi connectivity index (χ3n) is 7.32. The monoisotopic (exact) mass is 602 g/mol. The van der Waals surface area contributed by atoms with Gasteiger partial charge in [0.25, 0.3) is 0 Å². The Labute approximate surface area is 262 Å². The number of ether oxygens (including phenoxy) is 6. The third kappa shape index (κ3) is 11.3. The number of unbranched alkanes of at least 4 members (excludes halogenated alkanes) is 2. The Morgan fingerprint density at radius 3 is 1.70 bits per heavy atom. The average molecular weight is 603 g/mol. The van der Waals surface area contributed by atoms with Gasteiger partial charge in [0.2, 0.25) is 0 Å². The van der Waals surface area contributed by atoms with Crippen molar-refractivity contribution in [1.29, 1.82) is 0 Å². The van der Waals surface area contributed by atoms with Gasteiger partial charge in [-0.1, -0.05) is 116 Å². The second-order valence-electron chi connectivity index (χ2n) is 10.9. The van der Waals surface area contributed by atoms with Crippen LogP contribution in [0, 0.1) is 0 Å². The molecule has 1 saturated heterocycles. The summed E-state index contributed by atoms with van der Waals surface area (Å²) in [5, 5.41) is 0. The van der Waals surface area contributed by atoms with Gasteiger partial charge in [0.05, 0.1) is 26.4 Å². The maximum Gasteiger partial charge on any atom is 0.302 e. The number of hydrogen-bond donors (Lipinski definition) is 0. The van der Waals surface area contributed by atoms with E-state index in [9.17, 15) is 4.79 Å². The highest BCUT2D eigenvalue weighted by molar-refractivity contribution is 5.65. The lowest BCUT2D eigenvalue weighted by Gasteiger charge is -2.45. The molecule has 1 aliphatic rings. The van der Waals surface area contributed by atoms with Crippen molar-refractivity contribution in [3.05, 3.63) is 120 Å². The van der Waals surface area contributed by atoms with Crippen LogP contribution in [0.15, 0.2) is 103 Å². The van der Waals surface area contributed by atoms with Crippen LogP contribution in [-0.4, -0.2) is 49.9 Å². The summed E-state index contributed by atoms with van der Waals surface area (Å²) in [6, 6.07) is 29.9. The summed E-state index contributed by atoms with van der Waals surface area (Å²) in [5.74, 6) is -0.393. The van der Waals surface area contributed by atoms with E-state index in [-0.39, 0.29) is 6.61 Å². The number of hydrogen-bond acceptors (Lipinski definition) is 7. The van der Waals surface area contributed by atoms with Crippen molar-refractivity contribution >= 4 is 5.97 Å². The highest BCUT2D eigenvalue weighted by atomic mass is 16.7. The molecule has 1 aliphatic heterocycles. The van der Waals surface area contributed by atoms with Crippen LogP contribution in [0.3, 0.4) is 0 Å². The standard InChI is InChI=1S/C37H46O7/c1-3-4-5-6-7-17-24-39-37-36(43-27-32-22-15-10-16-23-32)35(42-26-31-20-13-9-14-21-31)34(33(44-37)28-40-29(2)38)41-25-30-18-11-8-12-19-30/h5-6,8-16,18-23,33-37H,3-4,7,17,24-28H2,1-2H3/b6-5+/t33-,34-,35+,36-,37?/m1/s1. The van der Waals surface area contributed by atoms with E-state index in [1.807, 2.05) is 91.0 Å². The van der Waals surface area contributed by atoms with Crippen molar-refractivity contribution in [2.24, 2.45) is 0 Å². The zero-order valence-corrected chi connectivity index (χ0v) is 25.9. The van der Waals surface area contributed by atoms with Gasteiger partial charge in [0, 0.05) is 6.92 Å². The van der Waals surface area contributed by atoms with Crippen LogP contribution < -0.4 is 0 Å². The molecular weight excluding hydrogens is 556 g/mol. The molecule has 3 aromatic carbocycles. The Bertz CT molecular complexity index is 1220. The van der Waals surface area contributed by atoms with E-state index in [0.29, 0.717) is 26.4 Å². The van der Waals surface area contributed by atoms with E-state index >= 15 is 0 Å². The normalized spacial score (nSPS) is 21.8. The van der Waals surface area contributed by atoms with Gasteiger partial charge in [-0.25, -0.2) is 0 Å². The Kier molecular flexibility index (Phi) is 14.6. The zero-order chi connectivity index (χ0) is 30.8. The van der Waals surface area contributed by atoms with Crippen LogP contribution >= 0.6 is 0 Å². The molecule has 0 N–H and O–H groups in total. The minimum absolute atomic E-state index is 0.00497. The van der Waals surface area contributed by atoms with E-state index in [4.69, 9.17) is 28.4 Å². The first kappa shape index (κ1) is 33.6. The van der Waals surface area contributed by atoms with Gasteiger partial charge in [-0.15, -0.1) is 0 Å². The molecule has 1 fully saturated rings. The van der Waals surface area contributed by atoms with E-state index in [0.717, 1.165) is 42.4 Å². The lowest BCUT2D eigenvalue weighted by molar-refractivity contribution is -0.327. The summed E-state index contributed by atoms with van der Waals surface area (Å²) in [6.45, 7) is 5.06. The maximum absolute atomic E-state index is 11.9. The van der Waals surface area contributed by atoms with Crippen LogP contribution in [-0.2, 0) is 53.0 Å². The molecule has 0 aromatic heterocycles. The fourth-order valence-corrected chi connectivity index (χ4v) is 5.02. The zero-order valence-electron chi connectivity index (χ0n) is 25.9. The molecule has 7 nitrogen and oxygen atoms in total. The van der Waals surface area contributed by atoms with Crippen molar-refractivity contribution in [2.45, 2.75) is 90.1 Å². The van der Waals surface area contributed by atoms with Gasteiger partial charge in [0.15, 0.2) is 6.29 Å². The third-order valence-corrected chi connectivity index (χ3v) is 7.32. The summed E-state index contributed by atoms with van der Waals surface area (Å²) in [5.41, 5.74) is 3.06. The molecule has 0 radical (unpaired) electrons. The van der Waals surface area contributed by atoms with Crippen LogP contribution in [0.5, 0.6) is 0 Å². The summed E-state index contributed by atoms with van der Waals surface area (Å²) in [7, 11) is 0. The number of carbonyl (C=O) groups excluding carboxylic acids is 1. The topological polar surface area (TPSA) is 72.5 Å². The smallest absolute Gasteiger partial charge is 0.302 e. The predicted octanol–water partition coefficient (Wildman–Crippen LogP) is 7.18. The second-order valence-corrected chi connectivity index (χ2v) is 10.9. The number of allylic oxidation sites excluding steroid dienone is 2. The van der Waals surface area contributed by atoms with Crippen LogP contribution in [0.4, 0.5) is 0 Å². The first-order chi connectivity index (χ1) is 21.6. The van der Waals surface area contributed by atoms with E-state index in [1.54, 1.807) is 0 Å². The Hall–Kier alpha value is -3.33. The van der Waals surface area contributed by atoms with E-state index in [2.05, 4.69) is 19.1 Å². The molecule has 0 amide bonds. The van der Waals surface area contributed by atoms with Gasteiger partial charge in [0.1, 0.15) is 31.0 Å². The molecule has 1 unspecified atom stereocenters. The minimum Gasteiger partial charge on any atom is -0.463 e. The van der Waals surface area contributed by atoms with Gasteiger partial charge >= 0.3 is 5.97 Å². The average Bonchev–Trinajstić information content (AvgIpc) is 3.06. The molecule has 7 heteroatoms.